The van der Waals surface area contributed by atoms with Crippen LogP contribution in [0.15, 0.2) is 35.0 Å². The van der Waals surface area contributed by atoms with E-state index in [0.29, 0.717) is 12.0 Å². The van der Waals surface area contributed by atoms with Gasteiger partial charge in [0.2, 0.25) is 0 Å². The van der Waals surface area contributed by atoms with E-state index in [2.05, 4.69) is 40.3 Å². The molecule has 2 nitrogen and oxygen atoms in total. The summed E-state index contributed by atoms with van der Waals surface area (Å²) in [7, 11) is 0. The Balaban J connectivity index is 1.63. The molecule has 0 amide bonds. The van der Waals surface area contributed by atoms with Gasteiger partial charge in [-0.1, -0.05) is 12.1 Å². The van der Waals surface area contributed by atoms with Crippen molar-refractivity contribution in [2.24, 2.45) is 5.92 Å². The lowest BCUT2D eigenvalue weighted by atomic mass is 9.87. The number of aliphatic hydroxyl groups is 1. The Hall–Kier alpha value is -0.680. The highest BCUT2D eigenvalue weighted by atomic mass is 32.1. The van der Waals surface area contributed by atoms with Gasteiger partial charge in [-0.25, -0.2) is 0 Å². The van der Waals surface area contributed by atoms with Crippen LogP contribution < -0.4 is 5.32 Å². The smallest absolute Gasteiger partial charge is 0.0764 e. The van der Waals surface area contributed by atoms with Crippen molar-refractivity contribution >= 4 is 22.7 Å². The number of rotatable bonds is 5. The zero-order valence-corrected chi connectivity index (χ0v) is 13.1. The Labute approximate surface area is 128 Å². The molecule has 1 aliphatic rings. The first-order valence-electron chi connectivity index (χ1n) is 7.31. The van der Waals surface area contributed by atoms with Crippen molar-refractivity contribution in [2.45, 2.75) is 37.8 Å². The molecule has 0 spiro atoms. The number of nitrogens with one attached hydrogen (secondary N) is 1. The molecule has 2 N–H and O–H groups in total. The van der Waals surface area contributed by atoms with E-state index in [4.69, 9.17) is 0 Å². The number of hydrogen-bond donors (Lipinski definition) is 2. The maximum Gasteiger partial charge on any atom is 0.0764 e. The predicted octanol–water partition coefficient (Wildman–Crippen LogP) is 4.04. The molecule has 4 heteroatoms. The van der Waals surface area contributed by atoms with E-state index < -0.39 is 0 Å². The largest absolute Gasteiger partial charge is 0.393 e. The lowest BCUT2D eigenvalue weighted by Crippen LogP contribution is -2.30. The Kier molecular flexibility index (Phi) is 4.89. The maximum atomic E-state index is 9.59. The van der Waals surface area contributed by atoms with Crippen LogP contribution in [-0.2, 0) is 0 Å². The Bertz CT molecular complexity index is 452. The first kappa shape index (κ1) is 14.3. The molecule has 20 heavy (non-hydrogen) atoms. The fourth-order valence-corrected chi connectivity index (χ4v) is 4.60. The number of thiophene rings is 2. The average molecular weight is 307 g/mol. The number of aliphatic hydroxyl groups excluding tert-OH is 1. The first-order chi connectivity index (χ1) is 9.83. The molecule has 2 aromatic heterocycles. The minimum atomic E-state index is -0.0587. The molecule has 3 rings (SSSR count). The molecule has 2 heterocycles. The lowest BCUT2D eigenvalue weighted by molar-refractivity contribution is 0.108. The molecule has 0 aromatic carbocycles. The third-order valence-electron chi connectivity index (χ3n) is 4.08. The van der Waals surface area contributed by atoms with Gasteiger partial charge in [-0.15, -0.1) is 22.7 Å². The van der Waals surface area contributed by atoms with Gasteiger partial charge in [0.15, 0.2) is 0 Å². The Morgan fingerprint density at radius 3 is 2.15 bits per heavy atom. The summed E-state index contributed by atoms with van der Waals surface area (Å²) in [6.07, 6.45) is 4.17. The molecule has 1 saturated carbocycles. The van der Waals surface area contributed by atoms with Crippen LogP contribution in [-0.4, -0.2) is 17.8 Å². The maximum absolute atomic E-state index is 9.59. The molecular weight excluding hydrogens is 286 g/mol. The summed E-state index contributed by atoms with van der Waals surface area (Å²) in [6.45, 7) is 1.05. The lowest BCUT2D eigenvalue weighted by Gasteiger charge is -2.27. The zero-order valence-electron chi connectivity index (χ0n) is 11.5. The van der Waals surface area contributed by atoms with Crippen molar-refractivity contribution in [1.29, 1.82) is 0 Å². The number of hydrogen-bond acceptors (Lipinski definition) is 4. The Morgan fingerprint density at radius 1 is 1.05 bits per heavy atom. The standard InChI is InChI=1S/C16H21NOS2/c18-13-7-5-12(6-8-13)11-17-16(14-3-1-9-19-14)15-4-2-10-20-15/h1-4,9-10,12-13,16-18H,5-8,11H2. The topological polar surface area (TPSA) is 32.3 Å². The fraction of sp³-hybridized carbons (Fsp3) is 0.500. The molecule has 108 valence electrons. The quantitative estimate of drug-likeness (QED) is 0.874. The summed E-state index contributed by atoms with van der Waals surface area (Å²) in [6, 6.07) is 9.01. The molecule has 2 aromatic rings. The second-order valence-electron chi connectivity index (χ2n) is 5.55. The normalized spacial score (nSPS) is 23.3. The van der Waals surface area contributed by atoms with Crippen LogP contribution in [0, 0.1) is 5.92 Å². The molecule has 1 fully saturated rings. The minimum absolute atomic E-state index is 0.0587. The summed E-state index contributed by atoms with van der Waals surface area (Å²) < 4.78 is 0. The zero-order chi connectivity index (χ0) is 13.8. The van der Waals surface area contributed by atoms with Gasteiger partial charge in [0, 0.05) is 9.75 Å². The molecule has 0 atom stereocenters. The molecular formula is C16H21NOS2. The Morgan fingerprint density at radius 2 is 1.65 bits per heavy atom. The minimum Gasteiger partial charge on any atom is -0.393 e. The van der Waals surface area contributed by atoms with E-state index in [1.807, 2.05) is 22.7 Å². The molecule has 1 aliphatic carbocycles. The first-order valence-corrected chi connectivity index (χ1v) is 9.07. The van der Waals surface area contributed by atoms with E-state index >= 15 is 0 Å². The van der Waals surface area contributed by atoms with E-state index in [-0.39, 0.29) is 6.10 Å². The van der Waals surface area contributed by atoms with E-state index in [9.17, 15) is 5.11 Å². The highest BCUT2D eigenvalue weighted by Gasteiger charge is 2.22. The van der Waals surface area contributed by atoms with E-state index in [1.165, 1.54) is 9.75 Å². The fourth-order valence-electron chi connectivity index (χ4n) is 2.89. The van der Waals surface area contributed by atoms with Crippen LogP contribution in [0.2, 0.25) is 0 Å². The average Bonchev–Trinajstić information content (AvgIpc) is 3.14. The summed E-state index contributed by atoms with van der Waals surface area (Å²) >= 11 is 3.64. The molecule has 0 radical (unpaired) electrons. The SMILES string of the molecule is OC1CCC(CNC(c2cccs2)c2cccs2)CC1. The molecule has 0 saturated heterocycles. The van der Waals surface area contributed by atoms with Crippen LogP contribution in [0.3, 0.4) is 0 Å². The van der Waals surface area contributed by atoms with Gasteiger partial charge in [0.25, 0.3) is 0 Å². The second-order valence-corrected chi connectivity index (χ2v) is 7.51. The van der Waals surface area contributed by atoms with E-state index in [1.54, 1.807) is 0 Å². The van der Waals surface area contributed by atoms with E-state index in [0.717, 1.165) is 32.2 Å². The van der Waals surface area contributed by atoms with Gasteiger partial charge in [0.1, 0.15) is 0 Å². The molecule has 0 aliphatic heterocycles. The van der Waals surface area contributed by atoms with Crippen LogP contribution >= 0.6 is 22.7 Å². The molecule has 0 bridgehead atoms. The van der Waals surface area contributed by atoms with Gasteiger partial charge < -0.3 is 10.4 Å². The molecule has 0 unspecified atom stereocenters. The summed E-state index contributed by atoms with van der Waals surface area (Å²) in [5.74, 6) is 0.709. The second kappa shape index (κ2) is 6.85. The monoisotopic (exact) mass is 307 g/mol. The van der Waals surface area contributed by atoms with Crippen LogP contribution in [0.1, 0.15) is 41.5 Å². The predicted molar refractivity (Wildman–Crippen MR) is 86.4 cm³/mol. The third kappa shape index (κ3) is 3.50. The van der Waals surface area contributed by atoms with Crippen molar-refractivity contribution in [3.8, 4) is 0 Å². The highest BCUT2D eigenvalue weighted by molar-refractivity contribution is 7.11. The summed E-state index contributed by atoms with van der Waals surface area (Å²) in [4.78, 5) is 2.78. The highest BCUT2D eigenvalue weighted by Crippen LogP contribution is 2.30. The van der Waals surface area contributed by atoms with Crippen LogP contribution in [0.25, 0.3) is 0 Å². The van der Waals surface area contributed by atoms with Gasteiger partial charge in [-0.3, -0.25) is 0 Å². The van der Waals surface area contributed by atoms with Crippen molar-refractivity contribution < 1.29 is 5.11 Å². The van der Waals surface area contributed by atoms with Crippen molar-refractivity contribution in [3.05, 3.63) is 44.8 Å². The van der Waals surface area contributed by atoms with Crippen LogP contribution in [0.4, 0.5) is 0 Å². The van der Waals surface area contributed by atoms with Gasteiger partial charge in [-0.05, 0) is 61.0 Å². The van der Waals surface area contributed by atoms with Crippen molar-refractivity contribution in [1.82, 2.24) is 5.32 Å². The van der Waals surface area contributed by atoms with Gasteiger partial charge >= 0.3 is 0 Å². The van der Waals surface area contributed by atoms with Crippen molar-refractivity contribution in [2.75, 3.05) is 6.54 Å². The summed E-state index contributed by atoms with van der Waals surface area (Å²) in [5, 5.41) is 17.6. The summed E-state index contributed by atoms with van der Waals surface area (Å²) in [5.41, 5.74) is 0. The van der Waals surface area contributed by atoms with Crippen LogP contribution in [0.5, 0.6) is 0 Å². The van der Waals surface area contributed by atoms with Gasteiger partial charge in [-0.2, -0.15) is 0 Å². The van der Waals surface area contributed by atoms with Gasteiger partial charge in [0.05, 0.1) is 12.1 Å². The van der Waals surface area contributed by atoms with Crippen molar-refractivity contribution in [3.63, 3.8) is 0 Å². The third-order valence-corrected chi connectivity index (χ3v) is 5.96.